The minimum atomic E-state index is 0.887. The summed E-state index contributed by atoms with van der Waals surface area (Å²) in [7, 11) is 0. The van der Waals surface area contributed by atoms with E-state index < -0.39 is 0 Å². The topological polar surface area (TPSA) is 31.0 Å². The van der Waals surface area contributed by atoms with E-state index in [0.29, 0.717) is 0 Å². The molecule has 0 atom stereocenters. The van der Waals surface area contributed by atoms with Gasteiger partial charge in [-0.1, -0.05) is 48.5 Å². The predicted octanol–water partition coefficient (Wildman–Crippen LogP) is 6.59. The van der Waals surface area contributed by atoms with Crippen LogP contribution >= 0.6 is 0 Å². The van der Waals surface area contributed by atoms with E-state index in [2.05, 4.69) is 65.2 Å². The van der Waals surface area contributed by atoms with E-state index in [4.69, 9.17) is 9.40 Å². The molecule has 0 unspecified atom stereocenters. The lowest BCUT2D eigenvalue weighted by Gasteiger charge is -2.08. The van der Waals surface area contributed by atoms with E-state index in [0.717, 1.165) is 33.4 Å². The number of para-hydroxylation sites is 1. The van der Waals surface area contributed by atoms with E-state index in [1.54, 1.807) is 6.26 Å². The van der Waals surface area contributed by atoms with Gasteiger partial charge in [-0.2, -0.15) is 0 Å². The van der Waals surface area contributed by atoms with Crippen LogP contribution in [0.5, 0.6) is 0 Å². The van der Waals surface area contributed by atoms with Gasteiger partial charge in [-0.3, -0.25) is 4.57 Å². The van der Waals surface area contributed by atoms with Crippen molar-refractivity contribution in [3.05, 3.63) is 97.4 Å². The summed E-state index contributed by atoms with van der Waals surface area (Å²) >= 11 is 0. The first-order valence-electron chi connectivity index (χ1n) is 9.31. The average molecular weight is 360 g/mol. The Balaban J connectivity index is 1.62. The number of fused-ring (bicyclic) bond motifs is 4. The second kappa shape index (κ2) is 5.83. The highest BCUT2D eigenvalue weighted by Gasteiger charge is 2.14. The van der Waals surface area contributed by atoms with Crippen LogP contribution in [0, 0.1) is 0 Å². The van der Waals surface area contributed by atoms with Crippen LogP contribution in [0.4, 0.5) is 0 Å². The van der Waals surface area contributed by atoms with Crippen molar-refractivity contribution in [3.63, 3.8) is 0 Å². The number of benzene rings is 3. The van der Waals surface area contributed by atoms with Gasteiger partial charge >= 0.3 is 0 Å². The van der Waals surface area contributed by atoms with Crippen LogP contribution in [-0.2, 0) is 0 Å². The minimum Gasteiger partial charge on any atom is -0.464 e. The molecule has 3 nitrogen and oxygen atoms in total. The van der Waals surface area contributed by atoms with Crippen LogP contribution in [0.1, 0.15) is 0 Å². The fourth-order valence-electron chi connectivity index (χ4n) is 3.99. The van der Waals surface area contributed by atoms with Crippen LogP contribution in [0.25, 0.3) is 49.7 Å². The van der Waals surface area contributed by atoms with Crippen molar-refractivity contribution in [2.75, 3.05) is 0 Å². The van der Waals surface area contributed by atoms with Gasteiger partial charge in [0.05, 0.1) is 17.3 Å². The lowest BCUT2D eigenvalue weighted by molar-refractivity contribution is 0.616. The number of aromatic nitrogens is 2. The highest BCUT2D eigenvalue weighted by Crippen LogP contribution is 2.34. The fourth-order valence-corrected chi connectivity index (χ4v) is 3.99. The maximum atomic E-state index is 5.66. The van der Waals surface area contributed by atoms with Gasteiger partial charge in [-0.25, -0.2) is 4.98 Å². The Morgan fingerprint density at radius 3 is 2.39 bits per heavy atom. The Bertz CT molecular complexity index is 1440. The van der Waals surface area contributed by atoms with Crippen LogP contribution in [0.15, 0.2) is 102 Å². The molecule has 0 spiro atoms. The Labute approximate surface area is 161 Å². The molecule has 0 saturated carbocycles. The van der Waals surface area contributed by atoms with Crippen molar-refractivity contribution < 1.29 is 4.42 Å². The largest absolute Gasteiger partial charge is 0.464 e. The lowest BCUT2D eigenvalue weighted by Crippen LogP contribution is -1.97. The van der Waals surface area contributed by atoms with Crippen molar-refractivity contribution in [1.82, 2.24) is 9.55 Å². The van der Waals surface area contributed by atoms with Crippen LogP contribution in [0.2, 0.25) is 0 Å². The predicted molar refractivity (Wildman–Crippen MR) is 114 cm³/mol. The number of hydrogen-bond donors (Lipinski definition) is 0. The van der Waals surface area contributed by atoms with E-state index in [9.17, 15) is 0 Å². The molecular weight excluding hydrogens is 344 g/mol. The van der Waals surface area contributed by atoms with Gasteiger partial charge in [0.1, 0.15) is 11.4 Å². The first-order chi connectivity index (χ1) is 13.9. The van der Waals surface area contributed by atoms with Gasteiger partial charge in [0, 0.05) is 34.0 Å². The summed E-state index contributed by atoms with van der Waals surface area (Å²) in [4.78, 5) is 4.80. The molecule has 0 radical (unpaired) electrons. The summed E-state index contributed by atoms with van der Waals surface area (Å²) in [5.41, 5.74) is 5.41. The molecule has 0 N–H and O–H groups in total. The zero-order valence-corrected chi connectivity index (χ0v) is 15.0. The standard InChI is InChI=1S/C25H16N2O/c1-2-6-17(7-3-1)19-10-11-25(26-16-19)27-22-9-5-4-8-20(22)21-14-18-12-13-28-24(18)15-23(21)27/h1-16H. The third-order valence-electron chi connectivity index (χ3n) is 5.33. The number of rotatable bonds is 2. The van der Waals surface area contributed by atoms with Gasteiger partial charge in [-0.05, 0) is 35.9 Å². The normalized spacial score (nSPS) is 11.6. The Kier molecular flexibility index (Phi) is 3.17. The summed E-state index contributed by atoms with van der Waals surface area (Å²) in [6.45, 7) is 0. The van der Waals surface area contributed by atoms with Crippen molar-refractivity contribution >= 4 is 32.8 Å². The molecule has 3 heterocycles. The molecule has 0 aliphatic rings. The highest BCUT2D eigenvalue weighted by atomic mass is 16.3. The summed E-state index contributed by atoms with van der Waals surface area (Å²) in [6, 6.07) is 29.3. The molecule has 0 amide bonds. The number of nitrogens with zero attached hydrogens (tertiary/aromatic N) is 2. The molecule has 0 aliphatic heterocycles. The quantitative estimate of drug-likeness (QED) is 0.349. The van der Waals surface area contributed by atoms with Crippen molar-refractivity contribution in [2.45, 2.75) is 0 Å². The van der Waals surface area contributed by atoms with Crippen LogP contribution in [0.3, 0.4) is 0 Å². The molecule has 3 aromatic heterocycles. The van der Waals surface area contributed by atoms with Gasteiger partial charge < -0.3 is 4.42 Å². The SMILES string of the molecule is c1ccc(-c2ccc(-n3c4ccccc4c4cc5ccoc5cc43)nc2)cc1. The Hall–Kier alpha value is -3.85. The third kappa shape index (κ3) is 2.20. The van der Waals surface area contributed by atoms with Gasteiger partial charge in [0.2, 0.25) is 0 Å². The van der Waals surface area contributed by atoms with Crippen LogP contribution in [-0.4, -0.2) is 9.55 Å². The molecule has 0 fully saturated rings. The Morgan fingerprint density at radius 2 is 1.54 bits per heavy atom. The molecule has 0 saturated heterocycles. The zero-order valence-electron chi connectivity index (χ0n) is 15.0. The third-order valence-corrected chi connectivity index (χ3v) is 5.33. The summed E-state index contributed by atoms with van der Waals surface area (Å²) in [5, 5.41) is 3.54. The Morgan fingerprint density at radius 1 is 0.679 bits per heavy atom. The molecule has 28 heavy (non-hydrogen) atoms. The summed E-state index contributed by atoms with van der Waals surface area (Å²) in [6.07, 6.45) is 3.68. The van der Waals surface area contributed by atoms with E-state index in [1.807, 2.05) is 30.5 Å². The smallest absolute Gasteiger partial charge is 0.137 e. The molecule has 0 aliphatic carbocycles. The fraction of sp³-hybridized carbons (Fsp3) is 0. The molecule has 3 aromatic carbocycles. The maximum Gasteiger partial charge on any atom is 0.137 e. The number of hydrogen-bond acceptors (Lipinski definition) is 2. The average Bonchev–Trinajstić information content (AvgIpc) is 3.35. The van der Waals surface area contributed by atoms with Crippen molar-refractivity contribution in [1.29, 1.82) is 0 Å². The first kappa shape index (κ1) is 15.2. The van der Waals surface area contributed by atoms with E-state index >= 15 is 0 Å². The summed E-state index contributed by atoms with van der Waals surface area (Å²) in [5.74, 6) is 0.900. The maximum absolute atomic E-state index is 5.66. The molecule has 6 aromatic rings. The van der Waals surface area contributed by atoms with Crippen molar-refractivity contribution in [2.24, 2.45) is 0 Å². The minimum absolute atomic E-state index is 0.887. The number of pyridine rings is 1. The summed E-state index contributed by atoms with van der Waals surface area (Å²) < 4.78 is 7.87. The molecule has 3 heteroatoms. The molecular formula is C25H16N2O. The second-order valence-electron chi connectivity index (χ2n) is 6.95. The van der Waals surface area contributed by atoms with Gasteiger partial charge in [0.25, 0.3) is 0 Å². The van der Waals surface area contributed by atoms with E-state index in [-0.39, 0.29) is 0 Å². The molecule has 132 valence electrons. The monoisotopic (exact) mass is 360 g/mol. The van der Waals surface area contributed by atoms with Crippen LogP contribution < -0.4 is 0 Å². The highest BCUT2D eigenvalue weighted by molar-refractivity contribution is 6.12. The molecule has 6 rings (SSSR count). The molecule has 0 bridgehead atoms. The van der Waals surface area contributed by atoms with Crippen molar-refractivity contribution in [3.8, 4) is 16.9 Å². The lowest BCUT2D eigenvalue weighted by atomic mass is 10.1. The second-order valence-corrected chi connectivity index (χ2v) is 6.95. The van der Waals surface area contributed by atoms with Gasteiger partial charge in [0.15, 0.2) is 0 Å². The first-order valence-corrected chi connectivity index (χ1v) is 9.31. The van der Waals surface area contributed by atoms with Gasteiger partial charge in [-0.15, -0.1) is 0 Å². The zero-order chi connectivity index (χ0) is 18.5. The number of furan rings is 1. The van der Waals surface area contributed by atoms with E-state index in [1.165, 1.54) is 16.3 Å².